The predicted octanol–water partition coefficient (Wildman–Crippen LogP) is 2.68. The molecule has 0 aliphatic rings. The van der Waals surface area contributed by atoms with Gasteiger partial charge in [0.15, 0.2) is 5.69 Å². The largest absolute Gasteiger partial charge is 0.480 e. The third-order valence-corrected chi connectivity index (χ3v) is 4.00. The maximum Gasteiger partial charge on any atom is 0.328 e. The fourth-order valence-corrected chi connectivity index (χ4v) is 2.40. The maximum atomic E-state index is 12.2. The second-order valence-electron chi connectivity index (χ2n) is 5.70. The number of carboxylic acids is 1. The van der Waals surface area contributed by atoms with Gasteiger partial charge in [-0.1, -0.05) is 23.7 Å². The number of nitrogens with one attached hydrogen (secondary N) is 1. The number of anilines is 1. The van der Waals surface area contributed by atoms with Crippen LogP contribution in [-0.2, 0) is 11.3 Å². The number of aromatic nitrogens is 4. The van der Waals surface area contributed by atoms with Crippen molar-refractivity contribution >= 4 is 29.2 Å². The third-order valence-electron chi connectivity index (χ3n) is 3.74. The lowest BCUT2D eigenvalue weighted by Gasteiger charge is -2.05. The van der Waals surface area contributed by atoms with Gasteiger partial charge >= 0.3 is 5.97 Å². The fourth-order valence-electron chi connectivity index (χ4n) is 2.27. The topological polar surface area (TPSA) is 102 Å². The van der Waals surface area contributed by atoms with Crippen molar-refractivity contribution in [3.8, 4) is 0 Å². The number of carbonyl (C=O) groups is 2. The summed E-state index contributed by atoms with van der Waals surface area (Å²) in [5, 5.41) is 20.5. The van der Waals surface area contributed by atoms with Crippen LogP contribution in [0.4, 0.5) is 5.69 Å². The highest BCUT2D eigenvalue weighted by Gasteiger charge is 2.17. The quantitative estimate of drug-likeness (QED) is 0.691. The van der Waals surface area contributed by atoms with Gasteiger partial charge in [0, 0.05) is 17.4 Å². The van der Waals surface area contributed by atoms with Crippen LogP contribution in [0.15, 0.2) is 48.9 Å². The molecule has 0 saturated carbocycles. The summed E-state index contributed by atoms with van der Waals surface area (Å²) in [5.41, 5.74) is 1.67. The van der Waals surface area contributed by atoms with Gasteiger partial charge in [0.2, 0.25) is 0 Å². The highest BCUT2D eigenvalue weighted by atomic mass is 35.5. The predicted molar refractivity (Wildman–Crippen MR) is 95.3 cm³/mol. The summed E-state index contributed by atoms with van der Waals surface area (Å²) in [6.45, 7) is 2.02. The van der Waals surface area contributed by atoms with E-state index in [9.17, 15) is 9.59 Å². The molecule has 0 spiro atoms. The number of nitrogens with zero attached hydrogens (tertiary/aromatic N) is 4. The Balaban J connectivity index is 1.64. The lowest BCUT2D eigenvalue weighted by molar-refractivity contribution is -0.140. The molecule has 9 heteroatoms. The van der Waals surface area contributed by atoms with Crippen LogP contribution in [0, 0.1) is 0 Å². The number of aliphatic carboxylic acids is 1. The summed E-state index contributed by atoms with van der Waals surface area (Å²) in [4.78, 5) is 23.2. The van der Waals surface area contributed by atoms with Crippen molar-refractivity contribution in [3.63, 3.8) is 0 Å². The van der Waals surface area contributed by atoms with E-state index in [-0.39, 0.29) is 5.69 Å². The van der Waals surface area contributed by atoms with Gasteiger partial charge in [-0.15, -0.1) is 0 Å². The summed E-state index contributed by atoms with van der Waals surface area (Å²) in [6, 6.07) is 8.03. The summed E-state index contributed by atoms with van der Waals surface area (Å²) < 4.78 is 2.91. The zero-order valence-corrected chi connectivity index (χ0v) is 14.6. The van der Waals surface area contributed by atoms with Crippen LogP contribution in [0.1, 0.15) is 29.0 Å². The molecule has 1 unspecified atom stereocenters. The molecule has 26 heavy (non-hydrogen) atoms. The molecular formula is C17H16ClN5O3. The SMILES string of the molecule is CC(C(=O)O)n1ccc(C(=O)Nc2cnn(Cc3ccc(Cl)cc3)c2)n1. The molecule has 134 valence electrons. The zero-order valence-electron chi connectivity index (χ0n) is 13.8. The molecule has 2 heterocycles. The van der Waals surface area contributed by atoms with Crippen LogP contribution in [0.2, 0.25) is 5.02 Å². The molecule has 0 fully saturated rings. The molecule has 1 aromatic carbocycles. The van der Waals surface area contributed by atoms with Gasteiger partial charge in [-0.3, -0.25) is 14.2 Å². The Morgan fingerprint density at radius 3 is 2.69 bits per heavy atom. The van der Waals surface area contributed by atoms with Gasteiger partial charge in [-0.2, -0.15) is 10.2 Å². The Bertz CT molecular complexity index is 932. The Morgan fingerprint density at radius 1 is 1.27 bits per heavy atom. The normalized spacial score (nSPS) is 11.9. The van der Waals surface area contributed by atoms with E-state index in [0.717, 1.165) is 5.56 Å². The Hall–Kier alpha value is -3.13. The number of amides is 1. The molecule has 0 bridgehead atoms. The van der Waals surface area contributed by atoms with E-state index in [2.05, 4.69) is 15.5 Å². The molecule has 3 aromatic rings. The lowest BCUT2D eigenvalue weighted by atomic mass is 10.2. The van der Waals surface area contributed by atoms with Gasteiger partial charge in [0.05, 0.1) is 18.4 Å². The Kier molecular flexibility index (Phi) is 5.04. The fraction of sp³-hybridized carbons (Fsp3) is 0.176. The van der Waals surface area contributed by atoms with E-state index in [1.165, 1.54) is 30.1 Å². The smallest absolute Gasteiger partial charge is 0.328 e. The van der Waals surface area contributed by atoms with Crippen LogP contribution in [-0.4, -0.2) is 36.5 Å². The van der Waals surface area contributed by atoms with Crippen LogP contribution in [0.3, 0.4) is 0 Å². The number of hydrogen-bond donors (Lipinski definition) is 2. The summed E-state index contributed by atoms with van der Waals surface area (Å²) >= 11 is 5.86. The van der Waals surface area contributed by atoms with Gasteiger partial charge < -0.3 is 10.4 Å². The lowest BCUT2D eigenvalue weighted by Crippen LogP contribution is -2.18. The second kappa shape index (κ2) is 7.40. The number of hydrogen-bond acceptors (Lipinski definition) is 4. The van der Waals surface area contributed by atoms with Crippen molar-refractivity contribution in [1.29, 1.82) is 0 Å². The number of rotatable bonds is 6. The van der Waals surface area contributed by atoms with Crippen LogP contribution < -0.4 is 5.32 Å². The van der Waals surface area contributed by atoms with Gasteiger partial charge in [0.25, 0.3) is 5.91 Å². The highest BCUT2D eigenvalue weighted by Crippen LogP contribution is 2.13. The number of carboxylic acid groups (broad SMARTS) is 1. The first kappa shape index (κ1) is 17.7. The van der Waals surface area contributed by atoms with Gasteiger partial charge in [0.1, 0.15) is 6.04 Å². The summed E-state index contributed by atoms with van der Waals surface area (Å²) in [7, 11) is 0. The van der Waals surface area contributed by atoms with Crippen molar-refractivity contribution in [1.82, 2.24) is 19.6 Å². The molecule has 1 amide bonds. The molecular weight excluding hydrogens is 358 g/mol. The molecule has 0 radical (unpaired) electrons. The van der Waals surface area contributed by atoms with Crippen LogP contribution in [0.5, 0.6) is 0 Å². The second-order valence-corrected chi connectivity index (χ2v) is 6.14. The third kappa shape index (κ3) is 4.09. The van der Waals surface area contributed by atoms with E-state index >= 15 is 0 Å². The van der Waals surface area contributed by atoms with Crippen LogP contribution >= 0.6 is 11.6 Å². The minimum Gasteiger partial charge on any atom is -0.480 e. The molecule has 0 saturated heterocycles. The van der Waals surface area contributed by atoms with E-state index in [1.54, 1.807) is 23.0 Å². The van der Waals surface area contributed by atoms with E-state index in [1.807, 2.05) is 12.1 Å². The molecule has 2 aromatic heterocycles. The van der Waals surface area contributed by atoms with E-state index < -0.39 is 17.9 Å². The number of benzene rings is 1. The maximum absolute atomic E-state index is 12.2. The average Bonchev–Trinajstić information content (AvgIpc) is 3.26. The van der Waals surface area contributed by atoms with Crippen LogP contribution in [0.25, 0.3) is 0 Å². The van der Waals surface area contributed by atoms with Gasteiger partial charge in [-0.25, -0.2) is 4.79 Å². The zero-order chi connectivity index (χ0) is 18.7. The van der Waals surface area contributed by atoms with Crippen molar-refractivity contribution in [3.05, 3.63) is 65.2 Å². The Morgan fingerprint density at radius 2 is 2.00 bits per heavy atom. The van der Waals surface area contributed by atoms with Crippen molar-refractivity contribution in [2.45, 2.75) is 19.5 Å². The van der Waals surface area contributed by atoms with Gasteiger partial charge in [-0.05, 0) is 30.7 Å². The first-order valence-electron chi connectivity index (χ1n) is 7.78. The van der Waals surface area contributed by atoms with E-state index in [0.29, 0.717) is 17.3 Å². The average molecular weight is 374 g/mol. The first-order valence-corrected chi connectivity index (χ1v) is 8.16. The molecule has 3 rings (SSSR count). The molecule has 0 aliphatic heterocycles. The molecule has 0 aliphatic carbocycles. The Labute approximate surface area is 154 Å². The van der Waals surface area contributed by atoms with Crippen molar-refractivity contribution < 1.29 is 14.7 Å². The molecule has 1 atom stereocenters. The standard InChI is InChI=1S/C17H16ClN5O3/c1-11(17(25)26)23-7-6-15(21-23)16(24)20-14-8-19-22(10-14)9-12-2-4-13(18)5-3-12/h2-8,10-11H,9H2,1H3,(H,20,24)(H,25,26). The number of halogens is 1. The summed E-state index contributed by atoms with van der Waals surface area (Å²) in [5.74, 6) is -1.46. The highest BCUT2D eigenvalue weighted by molar-refractivity contribution is 6.30. The first-order chi connectivity index (χ1) is 12.4. The molecule has 2 N–H and O–H groups in total. The minimum atomic E-state index is -1.02. The van der Waals surface area contributed by atoms with Crippen molar-refractivity contribution in [2.24, 2.45) is 0 Å². The monoisotopic (exact) mass is 373 g/mol. The van der Waals surface area contributed by atoms with Crippen molar-refractivity contribution in [2.75, 3.05) is 5.32 Å². The van der Waals surface area contributed by atoms with E-state index in [4.69, 9.17) is 16.7 Å². The molecule has 8 nitrogen and oxygen atoms in total. The minimum absolute atomic E-state index is 0.128. The summed E-state index contributed by atoms with van der Waals surface area (Å²) in [6.07, 6.45) is 4.69. The number of carbonyl (C=O) groups excluding carboxylic acids is 1.